The van der Waals surface area contributed by atoms with Crippen molar-refractivity contribution in [2.45, 2.75) is 19.8 Å². The second kappa shape index (κ2) is 5.27. The van der Waals surface area contributed by atoms with Gasteiger partial charge in [0.1, 0.15) is 0 Å². The summed E-state index contributed by atoms with van der Waals surface area (Å²) in [6, 6.07) is 5.99. The van der Waals surface area contributed by atoms with Gasteiger partial charge in [-0.3, -0.25) is 0 Å². The Morgan fingerprint density at radius 2 is 2.21 bits per heavy atom. The van der Waals surface area contributed by atoms with Crippen LogP contribution in [0.3, 0.4) is 0 Å². The third-order valence-corrected chi connectivity index (χ3v) is 3.03. The number of nitrogens with one attached hydrogen (secondary N) is 1. The maximum absolute atomic E-state index is 7.83. The van der Waals surface area contributed by atoms with Gasteiger partial charge in [-0.05, 0) is 49.6 Å². The maximum Gasteiger partial charge on any atom is 0.0386 e. The third kappa shape index (κ3) is 2.93. The Balaban J connectivity index is 2.76. The topological polar surface area (TPSA) is 49.9 Å². The minimum absolute atomic E-state index is 0.651. The Hall–Kier alpha value is -0.670. The van der Waals surface area contributed by atoms with Crippen LogP contribution in [0.15, 0.2) is 22.7 Å². The molecule has 0 aliphatic carbocycles. The van der Waals surface area contributed by atoms with Crippen molar-refractivity contribution < 1.29 is 0 Å². The number of benzene rings is 1. The molecule has 0 atom stereocenters. The number of halogens is 1. The largest absolute Gasteiger partial charge is 0.330 e. The molecule has 0 unspecified atom stereocenters. The maximum atomic E-state index is 7.83. The van der Waals surface area contributed by atoms with Crippen LogP contribution in [0.1, 0.15) is 24.0 Å². The van der Waals surface area contributed by atoms with E-state index in [2.05, 4.69) is 15.9 Å². The molecule has 0 aromatic heterocycles. The highest BCUT2D eigenvalue weighted by Gasteiger charge is 2.02. The van der Waals surface area contributed by atoms with E-state index in [9.17, 15) is 0 Å². The van der Waals surface area contributed by atoms with Gasteiger partial charge in [-0.15, -0.1) is 0 Å². The highest BCUT2D eigenvalue weighted by Crippen LogP contribution is 2.18. The minimum atomic E-state index is 0.651. The molecular formula is C11H15BrN2. The summed E-state index contributed by atoms with van der Waals surface area (Å²) in [7, 11) is 0. The summed E-state index contributed by atoms with van der Waals surface area (Å²) < 4.78 is 1.09. The molecule has 0 bridgehead atoms. The van der Waals surface area contributed by atoms with E-state index in [0.29, 0.717) is 12.3 Å². The molecule has 2 nitrogen and oxygen atoms in total. The Bertz CT molecular complexity index is 334. The van der Waals surface area contributed by atoms with Gasteiger partial charge in [0.05, 0.1) is 0 Å². The van der Waals surface area contributed by atoms with Crippen molar-refractivity contribution in [2.75, 3.05) is 6.54 Å². The first kappa shape index (κ1) is 11.4. The monoisotopic (exact) mass is 254 g/mol. The van der Waals surface area contributed by atoms with E-state index in [1.54, 1.807) is 0 Å². The Morgan fingerprint density at radius 1 is 1.50 bits per heavy atom. The Morgan fingerprint density at radius 3 is 2.79 bits per heavy atom. The molecular weight excluding hydrogens is 240 g/mol. The van der Waals surface area contributed by atoms with Crippen molar-refractivity contribution in [3.05, 3.63) is 33.8 Å². The van der Waals surface area contributed by atoms with Gasteiger partial charge in [0, 0.05) is 10.2 Å². The van der Waals surface area contributed by atoms with Crippen LogP contribution in [-0.4, -0.2) is 12.3 Å². The van der Waals surface area contributed by atoms with E-state index < -0.39 is 0 Å². The van der Waals surface area contributed by atoms with Crippen LogP contribution < -0.4 is 5.73 Å². The summed E-state index contributed by atoms with van der Waals surface area (Å²) in [5, 5.41) is 7.83. The zero-order chi connectivity index (χ0) is 10.6. The Kier molecular flexibility index (Phi) is 4.29. The van der Waals surface area contributed by atoms with Crippen molar-refractivity contribution in [3.8, 4) is 0 Å². The second-order valence-corrected chi connectivity index (χ2v) is 4.19. The molecule has 0 spiro atoms. The van der Waals surface area contributed by atoms with E-state index >= 15 is 0 Å². The number of hydrogen-bond acceptors (Lipinski definition) is 2. The van der Waals surface area contributed by atoms with E-state index in [4.69, 9.17) is 11.1 Å². The van der Waals surface area contributed by atoms with Gasteiger partial charge < -0.3 is 11.1 Å². The number of hydrogen-bond donors (Lipinski definition) is 2. The lowest BCUT2D eigenvalue weighted by atomic mass is 10.0. The first-order chi connectivity index (χ1) is 6.65. The fourth-order valence-corrected chi connectivity index (χ4v) is 1.50. The van der Waals surface area contributed by atoms with Gasteiger partial charge in [-0.2, -0.15) is 0 Å². The van der Waals surface area contributed by atoms with E-state index in [1.807, 2.05) is 25.1 Å². The fraction of sp³-hybridized carbons (Fsp3) is 0.364. The zero-order valence-corrected chi connectivity index (χ0v) is 9.89. The van der Waals surface area contributed by atoms with Crippen molar-refractivity contribution >= 4 is 21.6 Å². The molecule has 3 N–H and O–H groups in total. The zero-order valence-electron chi connectivity index (χ0n) is 8.31. The summed E-state index contributed by atoms with van der Waals surface area (Å²) in [6.07, 6.45) is 1.64. The summed E-state index contributed by atoms with van der Waals surface area (Å²) in [5.74, 6) is 0. The van der Waals surface area contributed by atoms with Crippen molar-refractivity contribution in [3.63, 3.8) is 0 Å². The summed E-state index contributed by atoms with van der Waals surface area (Å²) >= 11 is 3.44. The first-order valence-corrected chi connectivity index (χ1v) is 5.48. The molecule has 1 aromatic carbocycles. The SMILES string of the molecule is Cc1cc(C(=N)CCCN)ccc1Br. The average molecular weight is 255 g/mol. The minimum Gasteiger partial charge on any atom is -0.330 e. The van der Waals surface area contributed by atoms with Crippen molar-refractivity contribution in [1.82, 2.24) is 0 Å². The van der Waals surface area contributed by atoms with Crippen LogP contribution in [0.25, 0.3) is 0 Å². The third-order valence-electron chi connectivity index (χ3n) is 2.14. The first-order valence-electron chi connectivity index (χ1n) is 4.69. The van der Waals surface area contributed by atoms with Crippen LogP contribution in [0.2, 0.25) is 0 Å². The summed E-state index contributed by atoms with van der Waals surface area (Å²) in [5.41, 5.74) is 8.24. The predicted octanol–water partition coefficient (Wildman–Crippen LogP) is 2.86. The lowest BCUT2D eigenvalue weighted by Crippen LogP contribution is -2.05. The van der Waals surface area contributed by atoms with Crippen molar-refractivity contribution in [2.24, 2.45) is 5.73 Å². The molecule has 14 heavy (non-hydrogen) atoms. The molecule has 0 heterocycles. The highest BCUT2D eigenvalue weighted by molar-refractivity contribution is 9.10. The number of nitrogens with two attached hydrogens (primary N) is 1. The van der Waals surface area contributed by atoms with Gasteiger partial charge in [0.15, 0.2) is 0 Å². The van der Waals surface area contributed by atoms with Gasteiger partial charge in [-0.25, -0.2) is 0 Å². The molecule has 76 valence electrons. The molecule has 0 radical (unpaired) electrons. The summed E-state index contributed by atoms with van der Waals surface area (Å²) in [4.78, 5) is 0. The summed E-state index contributed by atoms with van der Waals surface area (Å²) in [6.45, 7) is 2.68. The quantitative estimate of drug-likeness (QED) is 0.798. The van der Waals surface area contributed by atoms with Crippen molar-refractivity contribution in [1.29, 1.82) is 5.41 Å². The van der Waals surface area contributed by atoms with Crippen LogP contribution in [0, 0.1) is 12.3 Å². The number of rotatable bonds is 4. The van der Waals surface area contributed by atoms with Crippen LogP contribution >= 0.6 is 15.9 Å². The smallest absolute Gasteiger partial charge is 0.0386 e. The van der Waals surface area contributed by atoms with Gasteiger partial charge in [0.25, 0.3) is 0 Å². The molecule has 0 saturated carbocycles. The lowest BCUT2D eigenvalue weighted by Gasteiger charge is -2.05. The number of aryl methyl sites for hydroxylation is 1. The van der Waals surface area contributed by atoms with Crippen LogP contribution in [0.5, 0.6) is 0 Å². The molecule has 0 fully saturated rings. The van der Waals surface area contributed by atoms with E-state index in [-0.39, 0.29) is 0 Å². The molecule has 1 aromatic rings. The molecule has 1 rings (SSSR count). The van der Waals surface area contributed by atoms with Crippen LogP contribution in [0.4, 0.5) is 0 Å². The van der Waals surface area contributed by atoms with E-state index in [0.717, 1.165) is 22.9 Å². The van der Waals surface area contributed by atoms with Gasteiger partial charge in [0.2, 0.25) is 0 Å². The lowest BCUT2D eigenvalue weighted by molar-refractivity contribution is 0.874. The standard InChI is InChI=1S/C11H15BrN2/c1-8-7-9(4-5-10(8)12)11(14)3-2-6-13/h4-5,7,14H,2-3,6,13H2,1H3. The average Bonchev–Trinajstić information content (AvgIpc) is 2.18. The van der Waals surface area contributed by atoms with Gasteiger partial charge in [-0.1, -0.05) is 22.0 Å². The van der Waals surface area contributed by atoms with E-state index in [1.165, 1.54) is 5.56 Å². The normalized spacial score (nSPS) is 10.2. The Labute approximate surface area is 93.1 Å². The molecule has 0 saturated heterocycles. The predicted molar refractivity (Wildman–Crippen MR) is 64.0 cm³/mol. The molecule has 0 aliphatic rings. The molecule has 0 aliphatic heterocycles. The van der Waals surface area contributed by atoms with Gasteiger partial charge >= 0.3 is 0 Å². The second-order valence-electron chi connectivity index (χ2n) is 3.33. The van der Waals surface area contributed by atoms with Crippen LogP contribution in [-0.2, 0) is 0 Å². The highest BCUT2D eigenvalue weighted by atomic mass is 79.9. The fourth-order valence-electron chi connectivity index (χ4n) is 1.26. The molecule has 0 amide bonds. The molecule has 3 heteroatoms.